The molecule has 0 spiro atoms. The number of halogens is 1. The van der Waals surface area contributed by atoms with Crippen LogP contribution in [0.3, 0.4) is 0 Å². The fourth-order valence-electron chi connectivity index (χ4n) is 2.18. The van der Waals surface area contributed by atoms with Gasteiger partial charge in [0.15, 0.2) is 15.7 Å². The van der Waals surface area contributed by atoms with Crippen molar-refractivity contribution in [3.05, 3.63) is 30.1 Å². The molecule has 0 N–H and O–H groups in total. The molecule has 5 nitrogen and oxygen atoms in total. The Balaban J connectivity index is 2.03. The van der Waals surface area contributed by atoms with E-state index in [0.717, 1.165) is 30.1 Å². The number of aromatic nitrogens is 3. The van der Waals surface area contributed by atoms with E-state index >= 15 is 0 Å². The zero-order chi connectivity index (χ0) is 14.3. The smallest absolute Gasteiger partial charge is 0.175 e. The van der Waals surface area contributed by atoms with Crippen molar-refractivity contribution in [1.82, 2.24) is 14.8 Å². The molecular formula is C13H14BrN3O2S. The van der Waals surface area contributed by atoms with Crippen LogP contribution >= 0.6 is 15.9 Å². The summed E-state index contributed by atoms with van der Waals surface area (Å²) in [5.74, 6) is 1.72. The van der Waals surface area contributed by atoms with Gasteiger partial charge in [-0.2, -0.15) is 0 Å². The van der Waals surface area contributed by atoms with Crippen LogP contribution in [0, 0.1) is 0 Å². The second-order valence-corrected chi connectivity index (χ2v) is 7.55. The first kappa shape index (κ1) is 13.8. The number of benzene rings is 1. The summed E-state index contributed by atoms with van der Waals surface area (Å²) in [6.45, 7) is 0. The molecule has 0 radical (unpaired) electrons. The molecule has 1 aliphatic carbocycles. The molecule has 0 atom stereocenters. The van der Waals surface area contributed by atoms with E-state index in [1.165, 1.54) is 6.26 Å². The highest BCUT2D eigenvalue weighted by Crippen LogP contribution is 2.39. The molecule has 1 aromatic heterocycles. The molecule has 1 saturated carbocycles. The molecule has 106 valence electrons. The topological polar surface area (TPSA) is 64.8 Å². The van der Waals surface area contributed by atoms with Gasteiger partial charge < -0.3 is 4.57 Å². The molecule has 0 unspecified atom stereocenters. The van der Waals surface area contributed by atoms with Crippen LogP contribution in [0.1, 0.15) is 24.7 Å². The van der Waals surface area contributed by atoms with Gasteiger partial charge >= 0.3 is 0 Å². The molecule has 0 bridgehead atoms. The summed E-state index contributed by atoms with van der Waals surface area (Å²) in [6, 6.07) is 7.28. The zero-order valence-electron chi connectivity index (χ0n) is 11.0. The van der Waals surface area contributed by atoms with Gasteiger partial charge in [0.1, 0.15) is 5.82 Å². The van der Waals surface area contributed by atoms with Crippen LogP contribution in [-0.4, -0.2) is 29.4 Å². The lowest BCUT2D eigenvalue weighted by molar-refractivity contribution is 0.602. The van der Waals surface area contributed by atoms with Crippen molar-refractivity contribution in [3.8, 4) is 11.4 Å². The molecule has 1 aromatic carbocycles. The van der Waals surface area contributed by atoms with Gasteiger partial charge in [-0.15, -0.1) is 10.2 Å². The Morgan fingerprint density at radius 2 is 1.90 bits per heavy atom. The van der Waals surface area contributed by atoms with Crippen molar-refractivity contribution in [2.45, 2.75) is 29.1 Å². The van der Waals surface area contributed by atoms with Gasteiger partial charge in [-0.3, -0.25) is 0 Å². The highest BCUT2D eigenvalue weighted by atomic mass is 79.9. The van der Waals surface area contributed by atoms with E-state index in [1.807, 2.05) is 0 Å². The first-order valence-corrected chi connectivity index (χ1v) is 9.32. The Bertz CT molecular complexity index is 733. The first-order valence-electron chi connectivity index (χ1n) is 6.31. The van der Waals surface area contributed by atoms with Crippen LogP contribution in [0.2, 0.25) is 0 Å². The predicted octanol–water partition coefficient (Wildman–Crippen LogP) is 2.58. The Hall–Kier alpha value is -1.21. The lowest BCUT2D eigenvalue weighted by atomic mass is 10.2. The maximum Gasteiger partial charge on any atom is 0.175 e. The molecular weight excluding hydrogens is 342 g/mol. The number of hydrogen-bond donors (Lipinski definition) is 0. The van der Waals surface area contributed by atoms with Crippen molar-refractivity contribution >= 4 is 25.8 Å². The molecule has 1 fully saturated rings. The van der Waals surface area contributed by atoms with E-state index < -0.39 is 9.84 Å². The lowest BCUT2D eigenvalue weighted by Crippen LogP contribution is -2.02. The van der Waals surface area contributed by atoms with Crippen LogP contribution in [-0.2, 0) is 15.2 Å². The van der Waals surface area contributed by atoms with Gasteiger partial charge in [0.05, 0.1) is 10.2 Å². The second kappa shape index (κ2) is 4.96. The van der Waals surface area contributed by atoms with Crippen molar-refractivity contribution in [1.29, 1.82) is 0 Å². The summed E-state index contributed by atoms with van der Waals surface area (Å²) < 4.78 is 25.1. The first-order chi connectivity index (χ1) is 9.50. The Kier molecular flexibility index (Phi) is 3.41. The summed E-state index contributed by atoms with van der Waals surface area (Å²) in [7, 11) is -3.17. The average molecular weight is 356 g/mol. The molecule has 0 amide bonds. The summed E-state index contributed by atoms with van der Waals surface area (Å²) in [6.07, 6.45) is 3.50. The third-order valence-electron chi connectivity index (χ3n) is 3.34. The fourth-order valence-corrected chi connectivity index (χ4v) is 3.19. The number of nitrogens with zero attached hydrogens (tertiary/aromatic N) is 3. The van der Waals surface area contributed by atoms with E-state index in [2.05, 4.69) is 30.7 Å². The van der Waals surface area contributed by atoms with E-state index in [4.69, 9.17) is 0 Å². The summed E-state index contributed by atoms with van der Waals surface area (Å²) >= 11 is 3.43. The Morgan fingerprint density at radius 1 is 1.25 bits per heavy atom. The minimum Gasteiger partial charge on any atom is -0.307 e. The van der Waals surface area contributed by atoms with Gasteiger partial charge in [0.25, 0.3) is 0 Å². The van der Waals surface area contributed by atoms with Crippen LogP contribution in [0.25, 0.3) is 11.4 Å². The molecule has 7 heteroatoms. The largest absolute Gasteiger partial charge is 0.307 e. The van der Waals surface area contributed by atoms with Crippen molar-refractivity contribution in [2.75, 3.05) is 6.26 Å². The molecule has 2 aromatic rings. The van der Waals surface area contributed by atoms with Gasteiger partial charge in [-0.05, 0) is 37.1 Å². The van der Waals surface area contributed by atoms with Gasteiger partial charge in [0, 0.05) is 17.9 Å². The van der Waals surface area contributed by atoms with Gasteiger partial charge in [-0.1, -0.05) is 15.9 Å². The second-order valence-electron chi connectivity index (χ2n) is 4.97. The molecule has 0 saturated heterocycles. The average Bonchev–Trinajstić information content (AvgIpc) is 3.17. The highest BCUT2D eigenvalue weighted by Gasteiger charge is 2.29. The third-order valence-corrected chi connectivity index (χ3v) is 4.97. The van der Waals surface area contributed by atoms with Crippen LogP contribution in [0.5, 0.6) is 0 Å². The molecule has 1 heterocycles. The third kappa shape index (κ3) is 2.52. The van der Waals surface area contributed by atoms with Gasteiger partial charge in [0.2, 0.25) is 0 Å². The summed E-state index contributed by atoms with van der Waals surface area (Å²) in [5.41, 5.74) is 0.893. The van der Waals surface area contributed by atoms with Crippen molar-refractivity contribution < 1.29 is 8.42 Å². The molecule has 0 aliphatic heterocycles. The minimum absolute atomic E-state index is 0.319. The number of rotatable bonds is 4. The van der Waals surface area contributed by atoms with Crippen LogP contribution in [0.15, 0.2) is 29.2 Å². The predicted molar refractivity (Wildman–Crippen MR) is 79.5 cm³/mol. The normalized spacial score (nSPS) is 15.5. The van der Waals surface area contributed by atoms with Crippen molar-refractivity contribution in [3.63, 3.8) is 0 Å². The Labute approximate surface area is 126 Å². The van der Waals surface area contributed by atoms with Crippen LogP contribution < -0.4 is 0 Å². The monoisotopic (exact) mass is 355 g/mol. The van der Waals surface area contributed by atoms with Gasteiger partial charge in [-0.25, -0.2) is 8.42 Å². The minimum atomic E-state index is -3.17. The standard InChI is InChI=1S/C13H14BrN3O2S/c1-20(18,19)11-6-2-9(3-7-11)13-16-15-12(8-14)17(13)10-4-5-10/h2-3,6-7,10H,4-5,8H2,1H3. The molecule has 20 heavy (non-hydrogen) atoms. The maximum absolute atomic E-state index is 11.5. The van der Waals surface area contributed by atoms with E-state index in [1.54, 1.807) is 24.3 Å². The van der Waals surface area contributed by atoms with Crippen LogP contribution in [0.4, 0.5) is 0 Å². The Morgan fingerprint density at radius 3 is 2.40 bits per heavy atom. The van der Waals surface area contributed by atoms with E-state index in [0.29, 0.717) is 16.3 Å². The van der Waals surface area contributed by atoms with Crippen molar-refractivity contribution in [2.24, 2.45) is 0 Å². The number of hydrogen-bond acceptors (Lipinski definition) is 4. The fraction of sp³-hybridized carbons (Fsp3) is 0.385. The maximum atomic E-state index is 11.5. The highest BCUT2D eigenvalue weighted by molar-refractivity contribution is 9.08. The lowest BCUT2D eigenvalue weighted by Gasteiger charge is -2.08. The number of sulfone groups is 1. The summed E-state index contributed by atoms with van der Waals surface area (Å²) in [4.78, 5) is 0.319. The number of alkyl halides is 1. The quantitative estimate of drug-likeness (QED) is 0.790. The molecule has 3 rings (SSSR count). The molecule has 1 aliphatic rings. The summed E-state index contributed by atoms with van der Waals surface area (Å²) in [5, 5.41) is 9.10. The van der Waals surface area contributed by atoms with E-state index in [-0.39, 0.29) is 0 Å². The SMILES string of the molecule is CS(=O)(=O)c1ccc(-c2nnc(CBr)n2C2CC2)cc1. The zero-order valence-corrected chi connectivity index (χ0v) is 13.4. The van der Waals surface area contributed by atoms with E-state index in [9.17, 15) is 8.42 Å².